The fourth-order valence-corrected chi connectivity index (χ4v) is 3.27. The van der Waals surface area contributed by atoms with Crippen molar-refractivity contribution in [2.24, 2.45) is 0 Å². The molecule has 0 atom stereocenters. The molecule has 5 nitrogen and oxygen atoms in total. The number of rotatable bonds is 6. The van der Waals surface area contributed by atoms with Crippen molar-refractivity contribution in [1.29, 1.82) is 0 Å². The van der Waals surface area contributed by atoms with Crippen LogP contribution in [0.4, 0.5) is 0 Å². The average molecular weight is 355 g/mol. The van der Waals surface area contributed by atoms with Crippen molar-refractivity contribution in [3.8, 4) is 11.4 Å². The Labute approximate surface area is 151 Å². The number of aromatic nitrogens is 2. The number of nitrogens with zero attached hydrogens (tertiary/aromatic N) is 3. The minimum atomic E-state index is 0.0651. The molecule has 25 heavy (non-hydrogen) atoms. The van der Waals surface area contributed by atoms with E-state index in [1.54, 1.807) is 16.2 Å². The van der Waals surface area contributed by atoms with Crippen LogP contribution in [0.15, 0.2) is 39.5 Å². The Kier molecular flexibility index (Phi) is 5.28. The summed E-state index contributed by atoms with van der Waals surface area (Å²) in [7, 11) is 1.83. The van der Waals surface area contributed by atoms with E-state index in [0.717, 1.165) is 5.56 Å². The zero-order valence-corrected chi connectivity index (χ0v) is 15.5. The van der Waals surface area contributed by atoms with Crippen LogP contribution in [0.25, 0.3) is 11.4 Å². The molecule has 0 saturated carbocycles. The van der Waals surface area contributed by atoms with Crippen molar-refractivity contribution in [1.82, 2.24) is 15.0 Å². The van der Waals surface area contributed by atoms with Crippen molar-refractivity contribution < 1.29 is 9.32 Å². The van der Waals surface area contributed by atoms with Crippen LogP contribution in [-0.4, -0.2) is 28.0 Å². The van der Waals surface area contributed by atoms with E-state index in [2.05, 4.69) is 42.2 Å². The minimum Gasteiger partial charge on any atom is -0.341 e. The maximum Gasteiger partial charge on any atom is 0.227 e. The van der Waals surface area contributed by atoms with Crippen LogP contribution in [0.2, 0.25) is 0 Å². The molecule has 2 aromatic heterocycles. The Hall–Kier alpha value is -2.47. The molecule has 3 aromatic rings. The first kappa shape index (κ1) is 17.4. The van der Waals surface area contributed by atoms with E-state index in [1.807, 2.05) is 23.9 Å². The number of thiophene rings is 1. The predicted octanol–water partition coefficient (Wildman–Crippen LogP) is 4.01. The van der Waals surface area contributed by atoms with Gasteiger partial charge in [0.15, 0.2) is 0 Å². The number of benzene rings is 1. The first-order valence-electron chi connectivity index (χ1n) is 8.18. The number of carbonyl (C=O) groups excluding carboxylic acids is 1. The van der Waals surface area contributed by atoms with Gasteiger partial charge in [0.25, 0.3) is 0 Å². The van der Waals surface area contributed by atoms with Crippen LogP contribution >= 0.6 is 11.3 Å². The van der Waals surface area contributed by atoms with Gasteiger partial charge in [0, 0.05) is 37.4 Å². The van der Waals surface area contributed by atoms with Crippen LogP contribution in [0, 0.1) is 13.8 Å². The molecule has 0 spiro atoms. The van der Waals surface area contributed by atoms with Crippen LogP contribution in [0.5, 0.6) is 0 Å². The summed E-state index contributed by atoms with van der Waals surface area (Å²) in [6.07, 6.45) is 0.805. The summed E-state index contributed by atoms with van der Waals surface area (Å²) in [5.41, 5.74) is 4.54. The molecule has 130 valence electrons. The maximum atomic E-state index is 12.4. The van der Waals surface area contributed by atoms with Gasteiger partial charge in [-0.15, -0.1) is 0 Å². The molecule has 0 N–H and O–H groups in total. The van der Waals surface area contributed by atoms with E-state index in [-0.39, 0.29) is 5.91 Å². The fraction of sp³-hybridized carbons (Fsp3) is 0.316. The van der Waals surface area contributed by atoms with Gasteiger partial charge in [0.1, 0.15) is 0 Å². The third-order valence-corrected chi connectivity index (χ3v) is 4.81. The Balaban J connectivity index is 1.55. The summed E-state index contributed by atoms with van der Waals surface area (Å²) in [6.45, 7) is 4.75. The van der Waals surface area contributed by atoms with Gasteiger partial charge in [0.2, 0.25) is 17.6 Å². The van der Waals surface area contributed by atoms with Crippen molar-refractivity contribution in [3.63, 3.8) is 0 Å². The Morgan fingerprint density at radius 2 is 2.12 bits per heavy atom. The van der Waals surface area contributed by atoms with Crippen molar-refractivity contribution in [2.45, 2.75) is 33.2 Å². The third-order valence-electron chi connectivity index (χ3n) is 4.13. The lowest BCUT2D eigenvalue weighted by Gasteiger charge is -2.18. The molecule has 1 amide bonds. The lowest BCUT2D eigenvalue weighted by molar-refractivity contribution is -0.130. The third kappa shape index (κ3) is 4.33. The number of hydrogen-bond acceptors (Lipinski definition) is 5. The Morgan fingerprint density at radius 1 is 1.28 bits per heavy atom. The van der Waals surface area contributed by atoms with Gasteiger partial charge in [-0.05, 0) is 36.4 Å². The van der Waals surface area contributed by atoms with Crippen LogP contribution in [0.3, 0.4) is 0 Å². The molecule has 6 heteroatoms. The zero-order valence-electron chi connectivity index (χ0n) is 14.7. The standard InChI is InChI=1S/C19H21N3O2S/c1-13-4-5-15(14(2)10-13)11-22(3)18(23)7-6-17-20-19(21-24-17)16-8-9-25-12-16/h4-5,8-10,12H,6-7,11H2,1-3H3. The molecule has 0 radical (unpaired) electrons. The molecule has 1 aromatic carbocycles. The van der Waals surface area contributed by atoms with Crippen LogP contribution in [-0.2, 0) is 17.8 Å². The molecule has 2 heterocycles. The van der Waals surface area contributed by atoms with Crippen LogP contribution in [0.1, 0.15) is 29.0 Å². The summed E-state index contributed by atoms with van der Waals surface area (Å²) in [5, 5.41) is 7.90. The zero-order chi connectivity index (χ0) is 17.8. The van der Waals surface area contributed by atoms with Gasteiger partial charge in [-0.25, -0.2) is 0 Å². The molecule has 0 aliphatic carbocycles. The quantitative estimate of drug-likeness (QED) is 0.670. The monoisotopic (exact) mass is 355 g/mol. The molecule has 0 bridgehead atoms. The molecule has 0 fully saturated rings. The van der Waals surface area contributed by atoms with Gasteiger partial charge in [-0.1, -0.05) is 28.9 Å². The van der Waals surface area contributed by atoms with E-state index >= 15 is 0 Å². The lowest BCUT2D eigenvalue weighted by Crippen LogP contribution is -2.26. The molecule has 0 aliphatic rings. The van der Waals surface area contributed by atoms with Gasteiger partial charge in [-0.2, -0.15) is 16.3 Å². The van der Waals surface area contributed by atoms with Gasteiger partial charge in [0.05, 0.1) is 0 Å². The summed E-state index contributed by atoms with van der Waals surface area (Å²) in [5.74, 6) is 1.14. The summed E-state index contributed by atoms with van der Waals surface area (Å²) >= 11 is 1.59. The Morgan fingerprint density at radius 3 is 2.84 bits per heavy atom. The van der Waals surface area contributed by atoms with E-state index in [0.29, 0.717) is 31.1 Å². The van der Waals surface area contributed by atoms with E-state index in [4.69, 9.17) is 4.52 Å². The average Bonchev–Trinajstić information content (AvgIpc) is 3.26. The second kappa shape index (κ2) is 7.61. The Bertz CT molecular complexity index is 855. The molecule has 0 aliphatic heterocycles. The van der Waals surface area contributed by atoms with Gasteiger partial charge in [-0.3, -0.25) is 4.79 Å². The number of carbonyl (C=O) groups is 1. The largest absolute Gasteiger partial charge is 0.341 e. The second-order valence-corrected chi connectivity index (χ2v) is 6.98. The van der Waals surface area contributed by atoms with Gasteiger partial charge < -0.3 is 9.42 Å². The van der Waals surface area contributed by atoms with E-state index in [9.17, 15) is 4.79 Å². The van der Waals surface area contributed by atoms with Crippen molar-refractivity contribution >= 4 is 17.2 Å². The second-order valence-electron chi connectivity index (χ2n) is 6.20. The maximum absolute atomic E-state index is 12.4. The van der Waals surface area contributed by atoms with E-state index in [1.165, 1.54) is 16.7 Å². The number of aryl methyl sites for hydroxylation is 3. The lowest BCUT2D eigenvalue weighted by atomic mass is 10.1. The summed E-state index contributed by atoms with van der Waals surface area (Å²) in [4.78, 5) is 18.5. The first-order chi connectivity index (χ1) is 12.0. The number of amides is 1. The highest BCUT2D eigenvalue weighted by atomic mass is 32.1. The predicted molar refractivity (Wildman–Crippen MR) is 98.3 cm³/mol. The fourth-order valence-electron chi connectivity index (χ4n) is 2.64. The highest BCUT2D eigenvalue weighted by molar-refractivity contribution is 7.08. The smallest absolute Gasteiger partial charge is 0.227 e. The number of hydrogen-bond donors (Lipinski definition) is 0. The molecule has 3 rings (SSSR count). The highest BCUT2D eigenvalue weighted by Gasteiger charge is 2.14. The van der Waals surface area contributed by atoms with Crippen molar-refractivity contribution in [3.05, 3.63) is 57.6 Å². The molecule has 0 unspecified atom stereocenters. The highest BCUT2D eigenvalue weighted by Crippen LogP contribution is 2.19. The SMILES string of the molecule is Cc1ccc(CN(C)C(=O)CCc2nc(-c3ccsc3)no2)c(C)c1. The molecular weight excluding hydrogens is 334 g/mol. The van der Waals surface area contributed by atoms with E-state index < -0.39 is 0 Å². The minimum absolute atomic E-state index is 0.0651. The molecular formula is C19H21N3O2S. The topological polar surface area (TPSA) is 59.2 Å². The normalized spacial score (nSPS) is 10.8. The van der Waals surface area contributed by atoms with Gasteiger partial charge >= 0.3 is 0 Å². The van der Waals surface area contributed by atoms with Crippen molar-refractivity contribution in [2.75, 3.05) is 7.05 Å². The van der Waals surface area contributed by atoms with Crippen LogP contribution < -0.4 is 0 Å². The molecule has 0 saturated heterocycles. The first-order valence-corrected chi connectivity index (χ1v) is 9.12. The summed E-state index contributed by atoms with van der Waals surface area (Å²) in [6, 6.07) is 8.24. The summed E-state index contributed by atoms with van der Waals surface area (Å²) < 4.78 is 5.24.